The van der Waals surface area contributed by atoms with Gasteiger partial charge >= 0.3 is 0 Å². The molecule has 0 bridgehead atoms. The maximum Gasteiger partial charge on any atom is 0.231 e. The first-order chi connectivity index (χ1) is 12.8. The van der Waals surface area contributed by atoms with Crippen LogP contribution in [0.5, 0.6) is 11.5 Å². The molecule has 1 unspecified atom stereocenters. The van der Waals surface area contributed by atoms with Crippen LogP contribution in [-0.2, 0) is 24.2 Å². The van der Waals surface area contributed by atoms with Crippen molar-refractivity contribution in [3.8, 4) is 11.5 Å². The Balaban J connectivity index is 1.47. The topological polar surface area (TPSA) is 56.7 Å². The Morgan fingerprint density at radius 1 is 1.08 bits per heavy atom. The number of fused-ring (bicyclic) bond motifs is 1. The van der Waals surface area contributed by atoms with E-state index in [1.54, 1.807) is 0 Å². The molecule has 2 aliphatic heterocycles. The van der Waals surface area contributed by atoms with Crippen molar-refractivity contribution in [1.29, 1.82) is 0 Å². The van der Waals surface area contributed by atoms with E-state index in [0.29, 0.717) is 12.9 Å². The van der Waals surface area contributed by atoms with E-state index in [4.69, 9.17) is 14.2 Å². The molecule has 2 aliphatic rings. The summed E-state index contributed by atoms with van der Waals surface area (Å²) in [5.41, 5.74) is 2.33. The summed E-state index contributed by atoms with van der Waals surface area (Å²) in [6.45, 7) is 5.78. The first-order valence-corrected chi connectivity index (χ1v) is 9.32. The van der Waals surface area contributed by atoms with E-state index in [-0.39, 0.29) is 0 Å². The Morgan fingerprint density at radius 2 is 1.88 bits per heavy atom. The molecule has 6 nitrogen and oxygen atoms in total. The molecular formula is C20H25N3O3. The summed E-state index contributed by atoms with van der Waals surface area (Å²) >= 11 is 0. The number of aromatic nitrogens is 2. The highest BCUT2D eigenvalue weighted by Crippen LogP contribution is 2.33. The van der Waals surface area contributed by atoms with Gasteiger partial charge in [-0.05, 0) is 30.5 Å². The van der Waals surface area contributed by atoms with E-state index in [1.165, 1.54) is 5.56 Å². The lowest BCUT2D eigenvalue weighted by Crippen LogP contribution is -2.31. The number of aryl methyl sites for hydroxylation is 1. The molecule has 1 aromatic carbocycles. The summed E-state index contributed by atoms with van der Waals surface area (Å²) in [5, 5.41) is 0. The predicted molar refractivity (Wildman–Crippen MR) is 97.1 cm³/mol. The van der Waals surface area contributed by atoms with Gasteiger partial charge in [-0.25, -0.2) is 9.97 Å². The Morgan fingerprint density at radius 3 is 2.65 bits per heavy atom. The Hall–Kier alpha value is -2.18. The van der Waals surface area contributed by atoms with Crippen LogP contribution in [0.25, 0.3) is 0 Å². The van der Waals surface area contributed by atoms with Gasteiger partial charge in [0.05, 0.1) is 6.10 Å². The minimum absolute atomic E-state index is 0.305. The van der Waals surface area contributed by atoms with E-state index < -0.39 is 0 Å². The summed E-state index contributed by atoms with van der Waals surface area (Å²) in [7, 11) is 0. The van der Waals surface area contributed by atoms with Crippen LogP contribution in [0.15, 0.2) is 30.6 Å². The lowest BCUT2D eigenvalue weighted by atomic mass is 10.1. The smallest absolute Gasteiger partial charge is 0.231 e. The van der Waals surface area contributed by atoms with Gasteiger partial charge in [-0.15, -0.1) is 0 Å². The number of hydrogen-bond acceptors (Lipinski definition) is 6. The summed E-state index contributed by atoms with van der Waals surface area (Å²) in [5.74, 6) is 2.54. The molecule has 0 N–H and O–H groups in total. The molecule has 1 fully saturated rings. The van der Waals surface area contributed by atoms with Gasteiger partial charge in [-0.2, -0.15) is 0 Å². The Kier molecular flexibility index (Phi) is 5.32. The van der Waals surface area contributed by atoms with E-state index in [0.717, 1.165) is 68.4 Å². The molecule has 0 amide bonds. The SMILES string of the molecule is CCc1ncc(CN(Cc2ccc3c(c2)OCO3)CC2CCCO2)cn1. The lowest BCUT2D eigenvalue weighted by Gasteiger charge is -2.25. The largest absolute Gasteiger partial charge is 0.454 e. The van der Waals surface area contributed by atoms with Crippen LogP contribution in [0.4, 0.5) is 0 Å². The maximum absolute atomic E-state index is 5.85. The van der Waals surface area contributed by atoms with Crippen molar-refractivity contribution in [2.75, 3.05) is 19.9 Å². The van der Waals surface area contributed by atoms with E-state index in [9.17, 15) is 0 Å². The monoisotopic (exact) mass is 355 g/mol. The maximum atomic E-state index is 5.85. The van der Waals surface area contributed by atoms with Crippen LogP contribution in [0.1, 0.15) is 36.7 Å². The fourth-order valence-corrected chi connectivity index (χ4v) is 3.46. The summed E-state index contributed by atoms with van der Waals surface area (Å²) in [6, 6.07) is 6.16. The van der Waals surface area contributed by atoms with Gasteiger partial charge in [-0.3, -0.25) is 4.90 Å². The minimum atomic E-state index is 0.305. The molecule has 0 aliphatic carbocycles. The zero-order valence-electron chi connectivity index (χ0n) is 15.2. The second kappa shape index (κ2) is 8.01. The normalized spacial score (nSPS) is 18.6. The Bertz CT molecular complexity index is 730. The quantitative estimate of drug-likeness (QED) is 0.761. The molecule has 138 valence electrons. The third-order valence-electron chi connectivity index (χ3n) is 4.81. The molecular weight excluding hydrogens is 330 g/mol. The number of benzene rings is 1. The zero-order chi connectivity index (χ0) is 17.8. The molecule has 6 heteroatoms. The van der Waals surface area contributed by atoms with Crippen LogP contribution >= 0.6 is 0 Å². The van der Waals surface area contributed by atoms with Crippen molar-refractivity contribution in [2.24, 2.45) is 0 Å². The number of rotatable bonds is 7. The molecule has 3 heterocycles. The van der Waals surface area contributed by atoms with Crippen LogP contribution in [0.3, 0.4) is 0 Å². The summed E-state index contributed by atoms with van der Waals surface area (Å²) in [6.07, 6.45) is 7.32. The fourth-order valence-electron chi connectivity index (χ4n) is 3.46. The molecule has 1 aromatic heterocycles. The third kappa shape index (κ3) is 4.14. The molecule has 0 spiro atoms. The molecule has 1 atom stereocenters. The van der Waals surface area contributed by atoms with Crippen LogP contribution in [-0.4, -0.2) is 40.9 Å². The molecule has 26 heavy (non-hydrogen) atoms. The molecule has 0 saturated carbocycles. The van der Waals surface area contributed by atoms with Crippen LogP contribution in [0.2, 0.25) is 0 Å². The van der Waals surface area contributed by atoms with Crippen molar-refractivity contribution in [2.45, 2.75) is 45.4 Å². The lowest BCUT2D eigenvalue weighted by molar-refractivity contribution is 0.0678. The first kappa shape index (κ1) is 17.2. The fraction of sp³-hybridized carbons (Fsp3) is 0.500. The third-order valence-corrected chi connectivity index (χ3v) is 4.81. The van der Waals surface area contributed by atoms with E-state index in [2.05, 4.69) is 33.9 Å². The highest BCUT2D eigenvalue weighted by molar-refractivity contribution is 5.44. The number of nitrogens with zero attached hydrogens (tertiary/aromatic N) is 3. The van der Waals surface area contributed by atoms with Gasteiger partial charge < -0.3 is 14.2 Å². The van der Waals surface area contributed by atoms with Gasteiger partial charge in [0, 0.05) is 50.6 Å². The summed E-state index contributed by atoms with van der Waals surface area (Å²) in [4.78, 5) is 11.3. The van der Waals surface area contributed by atoms with Gasteiger partial charge in [0.1, 0.15) is 5.82 Å². The van der Waals surface area contributed by atoms with Gasteiger partial charge in [0.2, 0.25) is 6.79 Å². The van der Waals surface area contributed by atoms with Crippen molar-refractivity contribution in [3.63, 3.8) is 0 Å². The second-order valence-electron chi connectivity index (χ2n) is 6.85. The van der Waals surface area contributed by atoms with Crippen molar-refractivity contribution in [1.82, 2.24) is 14.9 Å². The van der Waals surface area contributed by atoms with Crippen LogP contribution < -0.4 is 9.47 Å². The zero-order valence-corrected chi connectivity index (χ0v) is 15.2. The number of hydrogen-bond donors (Lipinski definition) is 0. The summed E-state index contributed by atoms with van der Waals surface area (Å²) < 4.78 is 16.8. The van der Waals surface area contributed by atoms with Crippen LogP contribution in [0, 0.1) is 0 Å². The van der Waals surface area contributed by atoms with E-state index >= 15 is 0 Å². The average Bonchev–Trinajstić information content (AvgIpc) is 3.33. The predicted octanol–water partition coefficient (Wildman–Crippen LogP) is 2.95. The average molecular weight is 355 g/mol. The highest BCUT2D eigenvalue weighted by atomic mass is 16.7. The van der Waals surface area contributed by atoms with Crippen molar-refractivity contribution >= 4 is 0 Å². The van der Waals surface area contributed by atoms with E-state index in [1.807, 2.05) is 18.5 Å². The highest BCUT2D eigenvalue weighted by Gasteiger charge is 2.21. The molecule has 2 aromatic rings. The molecule has 1 saturated heterocycles. The van der Waals surface area contributed by atoms with Gasteiger partial charge in [0.15, 0.2) is 11.5 Å². The van der Waals surface area contributed by atoms with Crippen molar-refractivity contribution < 1.29 is 14.2 Å². The standard InChI is InChI=1S/C20H25N3O3/c1-2-20-21-9-16(10-22-20)12-23(13-17-4-3-7-24-17)11-15-5-6-18-19(8-15)26-14-25-18/h5-6,8-10,17H,2-4,7,11-14H2,1H3. The Labute approximate surface area is 154 Å². The first-order valence-electron chi connectivity index (χ1n) is 9.32. The van der Waals surface area contributed by atoms with Crippen molar-refractivity contribution in [3.05, 3.63) is 47.5 Å². The van der Waals surface area contributed by atoms with Gasteiger partial charge in [-0.1, -0.05) is 13.0 Å². The molecule has 4 rings (SSSR count). The number of ether oxygens (including phenoxy) is 3. The molecule has 0 radical (unpaired) electrons. The second-order valence-corrected chi connectivity index (χ2v) is 6.85. The minimum Gasteiger partial charge on any atom is -0.454 e. The van der Waals surface area contributed by atoms with Gasteiger partial charge in [0.25, 0.3) is 0 Å².